The van der Waals surface area contributed by atoms with Gasteiger partial charge in [0.25, 0.3) is 0 Å². The number of amides is 1. The minimum atomic E-state index is -0.0237. The van der Waals surface area contributed by atoms with Crippen molar-refractivity contribution in [2.24, 2.45) is 5.92 Å². The maximum atomic E-state index is 10.9. The van der Waals surface area contributed by atoms with E-state index in [1.54, 1.807) is 0 Å². The van der Waals surface area contributed by atoms with Crippen molar-refractivity contribution in [2.75, 3.05) is 20.2 Å². The van der Waals surface area contributed by atoms with Gasteiger partial charge >= 0.3 is 0 Å². The van der Waals surface area contributed by atoms with Crippen molar-refractivity contribution in [3.63, 3.8) is 0 Å². The molecule has 0 aromatic carbocycles. The molecule has 12 heavy (non-hydrogen) atoms. The molecule has 1 aliphatic rings. The van der Waals surface area contributed by atoms with Crippen LogP contribution in [0.15, 0.2) is 0 Å². The summed E-state index contributed by atoms with van der Waals surface area (Å²) in [6.45, 7) is 2.15. The van der Waals surface area contributed by atoms with E-state index in [0.29, 0.717) is 12.3 Å². The Balaban J connectivity index is 2.03. The fraction of sp³-hybridized carbons (Fsp3) is 0.875. The minimum Gasteiger partial charge on any atom is -0.316 e. The number of hydrogen-bond donors (Lipinski definition) is 2. The third-order valence-corrected chi connectivity index (χ3v) is 2.16. The lowest BCUT2D eigenvalue weighted by Crippen LogP contribution is -2.22. The largest absolute Gasteiger partial charge is 0.316 e. The van der Waals surface area contributed by atoms with Gasteiger partial charge in [0.1, 0.15) is 0 Å². The average Bonchev–Trinajstić information content (AvgIpc) is 2.53. The van der Waals surface area contributed by atoms with E-state index < -0.39 is 0 Å². The molecule has 0 spiro atoms. The maximum absolute atomic E-state index is 10.9. The van der Waals surface area contributed by atoms with Gasteiger partial charge in [-0.05, 0) is 31.8 Å². The smallest absolute Gasteiger partial charge is 0.243 e. The highest BCUT2D eigenvalue weighted by atomic mass is 16.6. The lowest BCUT2D eigenvalue weighted by molar-refractivity contribution is -0.131. The van der Waals surface area contributed by atoms with E-state index in [9.17, 15) is 4.79 Å². The van der Waals surface area contributed by atoms with Crippen LogP contribution in [0.4, 0.5) is 0 Å². The molecular weight excluding hydrogens is 156 g/mol. The van der Waals surface area contributed by atoms with Gasteiger partial charge in [-0.15, -0.1) is 0 Å². The molecule has 1 heterocycles. The fourth-order valence-corrected chi connectivity index (χ4v) is 1.46. The van der Waals surface area contributed by atoms with Gasteiger partial charge in [-0.1, -0.05) is 0 Å². The third-order valence-electron chi connectivity index (χ3n) is 2.16. The van der Waals surface area contributed by atoms with Crippen molar-refractivity contribution in [1.29, 1.82) is 0 Å². The van der Waals surface area contributed by atoms with Crippen LogP contribution in [-0.2, 0) is 9.63 Å². The summed E-state index contributed by atoms with van der Waals surface area (Å²) in [6, 6.07) is 0. The summed E-state index contributed by atoms with van der Waals surface area (Å²) in [6.07, 6.45) is 2.72. The number of carbonyl (C=O) groups excluding carboxylic acids is 1. The number of rotatable bonds is 4. The Morgan fingerprint density at radius 1 is 1.75 bits per heavy atom. The highest BCUT2D eigenvalue weighted by Crippen LogP contribution is 2.13. The number of hydroxylamine groups is 1. The van der Waals surface area contributed by atoms with Gasteiger partial charge in [-0.2, -0.15) is 0 Å². The molecule has 2 N–H and O–H groups in total. The van der Waals surface area contributed by atoms with Crippen LogP contribution in [0.2, 0.25) is 0 Å². The van der Waals surface area contributed by atoms with Gasteiger partial charge in [-0.3, -0.25) is 9.63 Å². The molecule has 70 valence electrons. The Kier molecular flexibility index (Phi) is 4.04. The van der Waals surface area contributed by atoms with Crippen LogP contribution in [0.3, 0.4) is 0 Å². The number of nitrogens with one attached hydrogen (secondary N) is 2. The van der Waals surface area contributed by atoms with Gasteiger partial charge in [0.2, 0.25) is 5.91 Å². The van der Waals surface area contributed by atoms with E-state index in [0.717, 1.165) is 19.5 Å². The summed E-state index contributed by atoms with van der Waals surface area (Å²) in [5, 5.41) is 3.27. The van der Waals surface area contributed by atoms with E-state index in [-0.39, 0.29) is 5.91 Å². The van der Waals surface area contributed by atoms with Gasteiger partial charge in [0.05, 0.1) is 7.11 Å². The lowest BCUT2D eigenvalue weighted by Gasteiger charge is -2.06. The molecule has 0 bridgehead atoms. The van der Waals surface area contributed by atoms with E-state index in [4.69, 9.17) is 0 Å². The Bertz CT molecular complexity index is 144. The van der Waals surface area contributed by atoms with Crippen molar-refractivity contribution in [3.8, 4) is 0 Å². The molecule has 0 aromatic heterocycles. The molecule has 0 aromatic rings. The molecule has 0 saturated carbocycles. The summed E-state index contributed by atoms with van der Waals surface area (Å²) in [4.78, 5) is 15.4. The van der Waals surface area contributed by atoms with Crippen LogP contribution in [-0.4, -0.2) is 26.1 Å². The molecule has 1 unspecified atom stereocenters. The zero-order valence-corrected chi connectivity index (χ0v) is 7.43. The molecule has 0 aliphatic carbocycles. The summed E-state index contributed by atoms with van der Waals surface area (Å²) < 4.78 is 0. The first-order valence-corrected chi connectivity index (χ1v) is 4.35. The van der Waals surface area contributed by atoms with E-state index in [2.05, 4.69) is 15.6 Å². The standard InChI is InChI=1S/C8H16N2O2/c1-12-10-8(11)3-2-7-4-5-9-6-7/h7,9H,2-6H2,1H3,(H,10,11). The van der Waals surface area contributed by atoms with Gasteiger partial charge in [0.15, 0.2) is 0 Å². The van der Waals surface area contributed by atoms with Crippen LogP contribution in [0, 0.1) is 5.92 Å². The predicted octanol–water partition coefficient (Wildman–Crippen LogP) is 0.0537. The molecule has 1 rings (SSSR count). The van der Waals surface area contributed by atoms with Crippen molar-refractivity contribution in [3.05, 3.63) is 0 Å². The van der Waals surface area contributed by atoms with Gasteiger partial charge < -0.3 is 5.32 Å². The van der Waals surface area contributed by atoms with Crippen LogP contribution in [0.25, 0.3) is 0 Å². The summed E-state index contributed by atoms with van der Waals surface area (Å²) in [5.41, 5.74) is 2.31. The van der Waals surface area contributed by atoms with E-state index in [1.165, 1.54) is 13.5 Å². The zero-order chi connectivity index (χ0) is 8.81. The summed E-state index contributed by atoms with van der Waals surface area (Å²) >= 11 is 0. The quantitative estimate of drug-likeness (QED) is 0.589. The zero-order valence-electron chi connectivity index (χ0n) is 7.43. The van der Waals surface area contributed by atoms with Crippen LogP contribution in [0.1, 0.15) is 19.3 Å². The fourth-order valence-electron chi connectivity index (χ4n) is 1.46. The van der Waals surface area contributed by atoms with E-state index >= 15 is 0 Å². The van der Waals surface area contributed by atoms with Crippen molar-refractivity contribution in [1.82, 2.24) is 10.8 Å². The highest BCUT2D eigenvalue weighted by molar-refractivity contribution is 5.74. The van der Waals surface area contributed by atoms with Crippen molar-refractivity contribution >= 4 is 5.91 Å². The van der Waals surface area contributed by atoms with E-state index in [1.807, 2.05) is 0 Å². The molecule has 1 aliphatic heterocycles. The molecule has 1 atom stereocenters. The monoisotopic (exact) mass is 172 g/mol. The molecule has 4 heteroatoms. The number of carbonyl (C=O) groups is 1. The molecule has 1 amide bonds. The van der Waals surface area contributed by atoms with Crippen molar-refractivity contribution < 1.29 is 9.63 Å². The molecule has 0 radical (unpaired) electrons. The highest BCUT2D eigenvalue weighted by Gasteiger charge is 2.15. The maximum Gasteiger partial charge on any atom is 0.243 e. The molecule has 4 nitrogen and oxygen atoms in total. The Labute approximate surface area is 72.6 Å². The summed E-state index contributed by atoms with van der Waals surface area (Å²) in [5.74, 6) is 0.650. The molecule has 1 fully saturated rings. The lowest BCUT2D eigenvalue weighted by atomic mass is 10.0. The average molecular weight is 172 g/mol. The first-order valence-electron chi connectivity index (χ1n) is 4.35. The molecular formula is C8H16N2O2. The van der Waals surface area contributed by atoms with Crippen LogP contribution >= 0.6 is 0 Å². The first-order chi connectivity index (χ1) is 5.83. The van der Waals surface area contributed by atoms with Crippen molar-refractivity contribution in [2.45, 2.75) is 19.3 Å². The second kappa shape index (κ2) is 5.11. The minimum absolute atomic E-state index is 0.0237. The first kappa shape index (κ1) is 9.48. The normalized spacial score (nSPS) is 22.6. The summed E-state index contributed by atoms with van der Waals surface area (Å²) in [7, 11) is 1.45. The topological polar surface area (TPSA) is 50.4 Å². The predicted molar refractivity (Wildman–Crippen MR) is 45.4 cm³/mol. The second-order valence-electron chi connectivity index (χ2n) is 3.13. The van der Waals surface area contributed by atoms with Crippen LogP contribution in [0.5, 0.6) is 0 Å². The Morgan fingerprint density at radius 2 is 2.58 bits per heavy atom. The molecule has 1 saturated heterocycles. The second-order valence-corrected chi connectivity index (χ2v) is 3.13. The SMILES string of the molecule is CONC(=O)CCC1CCNC1. The Hall–Kier alpha value is -0.610. The van der Waals surface area contributed by atoms with Gasteiger partial charge in [-0.25, -0.2) is 5.48 Å². The van der Waals surface area contributed by atoms with Crippen LogP contribution < -0.4 is 10.8 Å². The van der Waals surface area contributed by atoms with Gasteiger partial charge in [0, 0.05) is 6.42 Å². The number of hydrogen-bond acceptors (Lipinski definition) is 3. The third kappa shape index (κ3) is 3.19. The Morgan fingerprint density at radius 3 is 3.17 bits per heavy atom.